The molecule has 2 bridgehead atoms. The zero-order chi connectivity index (χ0) is 17.6. The smallest absolute Gasteiger partial charge is 0.267 e. The summed E-state index contributed by atoms with van der Waals surface area (Å²) in [5.41, 5.74) is 1.22. The summed E-state index contributed by atoms with van der Waals surface area (Å²) in [7, 11) is 0. The van der Waals surface area contributed by atoms with Gasteiger partial charge in [0, 0.05) is 50.1 Å². The van der Waals surface area contributed by atoms with E-state index in [-0.39, 0.29) is 11.5 Å². The van der Waals surface area contributed by atoms with Crippen LogP contribution in [-0.2, 0) is 11.3 Å². The summed E-state index contributed by atoms with van der Waals surface area (Å²) < 4.78 is 2.59. The molecule has 7 heteroatoms. The van der Waals surface area contributed by atoms with Gasteiger partial charge in [-0.1, -0.05) is 37.0 Å². The second-order valence-electron chi connectivity index (χ2n) is 6.97. The molecule has 2 fully saturated rings. The molecule has 3 aliphatic heterocycles. The van der Waals surface area contributed by atoms with Gasteiger partial charge < -0.3 is 9.47 Å². The van der Waals surface area contributed by atoms with Gasteiger partial charge in [0.2, 0.25) is 0 Å². The highest BCUT2D eigenvalue weighted by Gasteiger charge is 2.36. The third kappa shape index (κ3) is 3.04. The minimum atomic E-state index is 0.0317. The fraction of sp³-hybridized carbons (Fsp3) is 0.500. The van der Waals surface area contributed by atoms with Crippen LogP contribution in [-0.4, -0.2) is 44.2 Å². The van der Waals surface area contributed by atoms with Gasteiger partial charge in [-0.15, -0.1) is 0 Å². The van der Waals surface area contributed by atoms with Gasteiger partial charge in [-0.25, -0.2) is 0 Å². The number of thiocarbonyl (C=S) groups is 1. The van der Waals surface area contributed by atoms with Gasteiger partial charge in [0.15, 0.2) is 0 Å². The lowest BCUT2D eigenvalue weighted by molar-refractivity contribution is -0.122. The molecule has 0 unspecified atom stereocenters. The number of amides is 1. The Morgan fingerprint density at radius 2 is 2.12 bits per heavy atom. The second-order valence-corrected chi connectivity index (χ2v) is 8.65. The van der Waals surface area contributed by atoms with Crippen molar-refractivity contribution in [1.29, 1.82) is 0 Å². The third-order valence-corrected chi connectivity index (χ3v) is 6.49. The Balaban J connectivity index is 1.56. The highest BCUT2D eigenvalue weighted by Crippen LogP contribution is 2.37. The molecule has 1 aromatic heterocycles. The van der Waals surface area contributed by atoms with Crippen LogP contribution in [0, 0.1) is 5.92 Å². The first-order valence-electron chi connectivity index (χ1n) is 8.76. The van der Waals surface area contributed by atoms with E-state index < -0.39 is 0 Å². The van der Waals surface area contributed by atoms with Crippen molar-refractivity contribution in [2.75, 3.05) is 19.6 Å². The van der Waals surface area contributed by atoms with E-state index >= 15 is 0 Å². The molecule has 0 saturated carbocycles. The number of fused-ring (bicyclic) bond motifs is 4. The van der Waals surface area contributed by atoms with Crippen molar-refractivity contribution < 1.29 is 4.79 Å². The fourth-order valence-electron chi connectivity index (χ4n) is 4.11. The van der Waals surface area contributed by atoms with Crippen LogP contribution in [0.5, 0.6) is 0 Å². The van der Waals surface area contributed by atoms with Crippen LogP contribution >= 0.6 is 24.0 Å². The second kappa shape index (κ2) is 6.61. The van der Waals surface area contributed by atoms with E-state index in [4.69, 9.17) is 12.2 Å². The summed E-state index contributed by atoms with van der Waals surface area (Å²) in [4.78, 5) is 29.3. The number of rotatable bonds is 3. The molecule has 4 heterocycles. The number of likely N-dealkylation sites (tertiary alicyclic amines) is 1. The van der Waals surface area contributed by atoms with Crippen LogP contribution in [0.3, 0.4) is 0 Å². The first-order valence-corrected chi connectivity index (χ1v) is 9.98. The van der Waals surface area contributed by atoms with Gasteiger partial charge in [0.05, 0.1) is 4.91 Å². The van der Waals surface area contributed by atoms with E-state index in [9.17, 15) is 9.59 Å². The standard InChI is InChI=1S/C18H21N3O2S2/c1-2-6-20-17(23)15(25-18(20)24)11-19-8-12-7-13(10-19)14-4-3-5-16(22)21(14)9-12/h3-5,11-13H,2,6-10H2,1H3/b15-11-/t12-,13+/m0/s1. The third-order valence-electron chi connectivity index (χ3n) is 5.13. The molecule has 2 atom stereocenters. The van der Waals surface area contributed by atoms with E-state index in [1.165, 1.54) is 11.8 Å². The Hall–Kier alpha value is -1.60. The van der Waals surface area contributed by atoms with Crippen molar-refractivity contribution >= 4 is 34.2 Å². The lowest BCUT2D eigenvalue weighted by Crippen LogP contribution is -2.45. The Kier molecular flexibility index (Phi) is 4.45. The summed E-state index contributed by atoms with van der Waals surface area (Å²) in [5.74, 6) is 0.825. The molecule has 1 aromatic rings. The molecule has 25 heavy (non-hydrogen) atoms. The summed E-state index contributed by atoms with van der Waals surface area (Å²) in [5, 5.41) is 0. The van der Waals surface area contributed by atoms with Gasteiger partial charge in [-0.3, -0.25) is 14.5 Å². The fourth-order valence-corrected chi connectivity index (χ4v) is 5.43. The van der Waals surface area contributed by atoms with Gasteiger partial charge in [-0.2, -0.15) is 0 Å². The number of aromatic nitrogens is 1. The predicted molar refractivity (Wildman–Crippen MR) is 103 cm³/mol. The number of piperidine rings is 1. The quantitative estimate of drug-likeness (QED) is 0.600. The van der Waals surface area contributed by atoms with E-state index in [1.807, 2.05) is 23.8 Å². The van der Waals surface area contributed by atoms with Crippen LogP contribution in [0.2, 0.25) is 0 Å². The molecule has 3 aliphatic rings. The van der Waals surface area contributed by atoms with Crippen LogP contribution in [0.4, 0.5) is 0 Å². The number of carbonyl (C=O) groups is 1. The topological polar surface area (TPSA) is 45.6 Å². The van der Waals surface area contributed by atoms with Gasteiger partial charge in [-0.05, 0) is 24.8 Å². The SMILES string of the molecule is CCCN1C(=O)/C(=C/N2C[C@@H]3C[C@H](C2)c2cccc(=O)n2C3)SC1=S. The molecule has 1 amide bonds. The van der Waals surface area contributed by atoms with E-state index in [2.05, 4.69) is 11.0 Å². The summed E-state index contributed by atoms with van der Waals surface area (Å²) in [6.45, 7) is 5.23. The Morgan fingerprint density at radius 3 is 2.92 bits per heavy atom. The normalized spacial score (nSPS) is 27.2. The average Bonchev–Trinajstić information content (AvgIpc) is 2.84. The number of hydrogen-bond acceptors (Lipinski definition) is 5. The largest absolute Gasteiger partial charge is 0.375 e. The molecule has 132 valence electrons. The Bertz CT molecular complexity index is 817. The van der Waals surface area contributed by atoms with Crippen molar-refractivity contribution in [1.82, 2.24) is 14.4 Å². The molecular formula is C18H21N3O2S2. The maximum absolute atomic E-state index is 12.5. The summed E-state index contributed by atoms with van der Waals surface area (Å²) >= 11 is 6.75. The maximum atomic E-state index is 12.5. The van der Waals surface area contributed by atoms with Crippen molar-refractivity contribution in [3.05, 3.63) is 45.4 Å². The maximum Gasteiger partial charge on any atom is 0.267 e. The number of thioether (sulfide) groups is 1. The number of hydrogen-bond donors (Lipinski definition) is 0. The number of pyridine rings is 1. The molecule has 5 nitrogen and oxygen atoms in total. The van der Waals surface area contributed by atoms with E-state index in [0.717, 1.165) is 43.1 Å². The van der Waals surface area contributed by atoms with Crippen molar-refractivity contribution in [3.63, 3.8) is 0 Å². The molecule has 0 aliphatic carbocycles. The summed E-state index contributed by atoms with van der Waals surface area (Å²) in [6, 6.07) is 5.55. The molecular weight excluding hydrogens is 354 g/mol. The molecule has 2 saturated heterocycles. The van der Waals surface area contributed by atoms with Crippen LogP contribution in [0.15, 0.2) is 34.1 Å². The van der Waals surface area contributed by atoms with Gasteiger partial charge in [0.1, 0.15) is 4.32 Å². The first-order chi connectivity index (χ1) is 12.1. The summed E-state index contributed by atoms with van der Waals surface area (Å²) in [6.07, 6.45) is 4.01. The monoisotopic (exact) mass is 375 g/mol. The molecule has 0 spiro atoms. The van der Waals surface area contributed by atoms with Crippen LogP contribution < -0.4 is 5.56 Å². The number of carbonyl (C=O) groups excluding carboxylic acids is 1. The minimum Gasteiger partial charge on any atom is -0.375 e. The van der Waals surface area contributed by atoms with E-state index in [0.29, 0.717) is 22.7 Å². The zero-order valence-electron chi connectivity index (χ0n) is 14.2. The molecule has 0 aromatic carbocycles. The molecule has 0 N–H and O–H groups in total. The van der Waals surface area contributed by atoms with E-state index in [1.54, 1.807) is 11.0 Å². The predicted octanol–water partition coefficient (Wildman–Crippen LogP) is 2.38. The Labute approximate surface area is 156 Å². The lowest BCUT2D eigenvalue weighted by Gasteiger charge is -2.42. The number of nitrogens with zero attached hydrogens (tertiary/aromatic N) is 3. The van der Waals surface area contributed by atoms with Crippen LogP contribution in [0.1, 0.15) is 31.4 Å². The van der Waals surface area contributed by atoms with Crippen LogP contribution in [0.25, 0.3) is 0 Å². The average molecular weight is 376 g/mol. The highest BCUT2D eigenvalue weighted by molar-refractivity contribution is 8.26. The van der Waals surface area contributed by atoms with Crippen molar-refractivity contribution in [3.8, 4) is 0 Å². The van der Waals surface area contributed by atoms with Gasteiger partial charge >= 0.3 is 0 Å². The molecule has 4 rings (SSSR count). The lowest BCUT2D eigenvalue weighted by atomic mass is 9.83. The van der Waals surface area contributed by atoms with Gasteiger partial charge in [0.25, 0.3) is 11.5 Å². The Morgan fingerprint density at radius 1 is 1.28 bits per heavy atom. The molecule has 0 radical (unpaired) electrons. The first kappa shape index (κ1) is 16.8. The zero-order valence-corrected chi connectivity index (χ0v) is 15.8. The highest BCUT2D eigenvalue weighted by atomic mass is 32.2. The van der Waals surface area contributed by atoms with Crippen molar-refractivity contribution in [2.24, 2.45) is 5.92 Å². The van der Waals surface area contributed by atoms with Crippen molar-refractivity contribution in [2.45, 2.75) is 32.2 Å². The minimum absolute atomic E-state index is 0.0317.